The summed E-state index contributed by atoms with van der Waals surface area (Å²) in [5.41, 5.74) is 0.405. The normalized spacial score (nSPS) is 31.1. The number of carbonyl (C=O) groups is 1. The lowest BCUT2D eigenvalue weighted by Gasteiger charge is -2.45. The van der Waals surface area contributed by atoms with Gasteiger partial charge in [0.05, 0.1) is 0 Å². The van der Waals surface area contributed by atoms with Gasteiger partial charge in [-0.05, 0) is 32.2 Å². The van der Waals surface area contributed by atoms with Gasteiger partial charge in [0.15, 0.2) is 0 Å². The van der Waals surface area contributed by atoms with Gasteiger partial charge >= 0.3 is 0 Å². The second-order valence-corrected chi connectivity index (χ2v) is 4.82. The van der Waals surface area contributed by atoms with Crippen LogP contribution in [-0.2, 0) is 4.79 Å². The van der Waals surface area contributed by atoms with Gasteiger partial charge in [-0.1, -0.05) is 0 Å². The van der Waals surface area contributed by atoms with Gasteiger partial charge in [0.1, 0.15) is 0 Å². The molecule has 0 radical (unpaired) electrons. The standard InChI is InChI=1S/C11H20N2O.ClH/c1-10(14)13-7-3-5-11(9-13)4-2-6-12-8-11;/h12H,2-9H2,1H3;1H. The molecular weight excluding hydrogens is 212 g/mol. The zero-order valence-corrected chi connectivity index (χ0v) is 10.2. The maximum atomic E-state index is 11.3. The van der Waals surface area contributed by atoms with Gasteiger partial charge in [0.25, 0.3) is 0 Å². The molecule has 2 heterocycles. The van der Waals surface area contributed by atoms with Crippen molar-refractivity contribution < 1.29 is 4.79 Å². The molecule has 1 spiro atoms. The predicted octanol–water partition coefficient (Wildman–Crippen LogP) is 1.42. The van der Waals surface area contributed by atoms with Crippen LogP contribution in [0.15, 0.2) is 0 Å². The van der Waals surface area contributed by atoms with E-state index in [-0.39, 0.29) is 18.3 Å². The summed E-state index contributed by atoms with van der Waals surface area (Å²) in [6, 6.07) is 0. The van der Waals surface area contributed by atoms with Crippen LogP contribution in [0.1, 0.15) is 32.6 Å². The van der Waals surface area contributed by atoms with E-state index in [2.05, 4.69) is 5.32 Å². The highest BCUT2D eigenvalue weighted by Gasteiger charge is 2.37. The first-order chi connectivity index (χ1) is 6.72. The Kier molecular flexibility index (Phi) is 4.41. The van der Waals surface area contributed by atoms with Crippen LogP contribution < -0.4 is 5.32 Å². The lowest BCUT2D eigenvalue weighted by molar-refractivity contribution is -0.132. The molecule has 3 nitrogen and oxygen atoms in total. The van der Waals surface area contributed by atoms with Crippen LogP contribution in [0.4, 0.5) is 0 Å². The van der Waals surface area contributed by atoms with Gasteiger partial charge in [-0.25, -0.2) is 0 Å². The third-order valence-corrected chi connectivity index (χ3v) is 3.67. The highest BCUT2D eigenvalue weighted by atomic mass is 35.5. The maximum Gasteiger partial charge on any atom is 0.219 e. The summed E-state index contributed by atoms with van der Waals surface area (Å²) >= 11 is 0. The zero-order valence-electron chi connectivity index (χ0n) is 9.42. The smallest absolute Gasteiger partial charge is 0.219 e. The van der Waals surface area contributed by atoms with E-state index in [9.17, 15) is 4.79 Å². The maximum absolute atomic E-state index is 11.3. The van der Waals surface area contributed by atoms with Crippen molar-refractivity contribution >= 4 is 18.3 Å². The Balaban J connectivity index is 0.00000112. The Morgan fingerprint density at radius 1 is 1.33 bits per heavy atom. The fourth-order valence-corrected chi connectivity index (χ4v) is 2.86. The topological polar surface area (TPSA) is 32.3 Å². The Labute approximate surface area is 98.0 Å². The minimum atomic E-state index is 0. The summed E-state index contributed by atoms with van der Waals surface area (Å²) in [6.07, 6.45) is 5.04. The van der Waals surface area contributed by atoms with Crippen molar-refractivity contribution in [1.82, 2.24) is 10.2 Å². The second-order valence-electron chi connectivity index (χ2n) is 4.82. The van der Waals surface area contributed by atoms with E-state index in [0.29, 0.717) is 5.41 Å². The van der Waals surface area contributed by atoms with E-state index in [0.717, 1.165) is 26.2 Å². The van der Waals surface area contributed by atoms with Crippen molar-refractivity contribution in [1.29, 1.82) is 0 Å². The van der Waals surface area contributed by atoms with E-state index < -0.39 is 0 Å². The second kappa shape index (κ2) is 5.17. The molecule has 15 heavy (non-hydrogen) atoms. The molecule has 0 bridgehead atoms. The first kappa shape index (κ1) is 12.8. The number of carbonyl (C=O) groups excluding carboxylic acids is 1. The molecule has 2 saturated heterocycles. The molecule has 0 aromatic heterocycles. The van der Waals surface area contributed by atoms with Crippen molar-refractivity contribution in [2.75, 3.05) is 26.2 Å². The van der Waals surface area contributed by atoms with Crippen LogP contribution in [0.25, 0.3) is 0 Å². The van der Waals surface area contributed by atoms with Crippen LogP contribution in [0, 0.1) is 5.41 Å². The lowest BCUT2D eigenvalue weighted by atomic mass is 9.74. The summed E-state index contributed by atoms with van der Waals surface area (Å²) in [4.78, 5) is 13.4. The quantitative estimate of drug-likeness (QED) is 0.685. The Morgan fingerprint density at radius 2 is 2.07 bits per heavy atom. The van der Waals surface area contributed by atoms with E-state index in [4.69, 9.17) is 0 Å². The molecule has 4 heteroatoms. The van der Waals surface area contributed by atoms with Crippen LogP contribution in [0.3, 0.4) is 0 Å². The summed E-state index contributed by atoms with van der Waals surface area (Å²) in [5, 5.41) is 3.47. The number of nitrogens with one attached hydrogen (secondary N) is 1. The van der Waals surface area contributed by atoms with Crippen LogP contribution in [0.2, 0.25) is 0 Å². The fraction of sp³-hybridized carbons (Fsp3) is 0.909. The van der Waals surface area contributed by atoms with E-state index >= 15 is 0 Å². The van der Waals surface area contributed by atoms with E-state index in [1.807, 2.05) is 4.90 Å². The van der Waals surface area contributed by atoms with Crippen molar-refractivity contribution in [3.05, 3.63) is 0 Å². The minimum Gasteiger partial charge on any atom is -0.342 e. The Morgan fingerprint density at radius 3 is 2.67 bits per heavy atom. The largest absolute Gasteiger partial charge is 0.342 e. The monoisotopic (exact) mass is 232 g/mol. The van der Waals surface area contributed by atoms with E-state index in [1.54, 1.807) is 6.92 Å². The van der Waals surface area contributed by atoms with Crippen molar-refractivity contribution in [2.45, 2.75) is 32.6 Å². The highest BCUT2D eigenvalue weighted by molar-refractivity contribution is 5.85. The van der Waals surface area contributed by atoms with Gasteiger partial charge in [-0.2, -0.15) is 0 Å². The molecule has 0 aromatic carbocycles. The fourth-order valence-electron chi connectivity index (χ4n) is 2.86. The molecular formula is C11H21ClN2O. The predicted molar refractivity (Wildman–Crippen MR) is 63.3 cm³/mol. The van der Waals surface area contributed by atoms with Crippen LogP contribution in [-0.4, -0.2) is 37.0 Å². The number of nitrogens with zero attached hydrogens (tertiary/aromatic N) is 1. The van der Waals surface area contributed by atoms with Crippen molar-refractivity contribution in [3.8, 4) is 0 Å². The lowest BCUT2D eigenvalue weighted by Crippen LogP contribution is -2.52. The van der Waals surface area contributed by atoms with Crippen molar-refractivity contribution in [3.63, 3.8) is 0 Å². The molecule has 1 amide bonds. The van der Waals surface area contributed by atoms with Crippen LogP contribution >= 0.6 is 12.4 Å². The minimum absolute atomic E-state index is 0. The number of halogens is 1. The first-order valence-electron chi connectivity index (χ1n) is 5.68. The van der Waals surface area contributed by atoms with Crippen molar-refractivity contribution in [2.24, 2.45) is 5.41 Å². The Hall–Kier alpha value is -0.280. The van der Waals surface area contributed by atoms with Gasteiger partial charge in [-0.15, -0.1) is 12.4 Å². The Bertz CT molecular complexity index is 221. The highest BCUT2D eigenvalue weighted by Crippen LogP contribution is 2.35. The molecule has 1 unspecified atom stereocenters. The average Bonchev–Trinajstić information content (AvgIpc) is 2.19. The number of amides is 1. The number of piperidine rings is 2. The molecule has 1 atom stereocenters. The summed E-state index contributed by atoms with van der Waals surface area (Å²) in [5.74, 6) is 0.245. The summed E-state index contributed by atoms with van der Waals surface area (Å²) < 4.78 is 0. The number of hydrogen-bond acceptors (Lipinski definition) is 2. The van der Waals surface area contributed by atoms with Gasteiger partial charge < -0.3 is 10.2 Å². The summed E-state index contributed by atoms with van der Waals surface area (Å²) in [7, 11) is 0. The molecule has 88 valence electrons. The SMILES string of the molecule is CC(=O)N1CCCC2(CCCNC2)C1.Cl. The molecule has 0 aliphatic carbocycles. The third kappa shape index (κ3) is 2.85. The zero-order chi connectivity index (χ0) is 10.0. The average molecular weight is 233 g/mol. The number of rotatable bonds is 0. The van der Waals surface area contributed by atoms with Gasteiger partial charge in [0, 0.05) is 32.0 Å². The molecule has 2 aliphatic rings. The molecule has 1 N–H and O–H groups in total. The molecule has 2 rings (SSSR count). The van der Waals surface area contributed by atoms with Gasteiger partial charge in [-0.3, -0.25) is 4.79 Å². The molecule has 0 saturated carbocycles. The van der Waals surface area contributed by atoms with Crippen LogP contribution in [0.5, 0.6) is 0 Å². The molecule has 0 aromatic rings. The first-order valence-corrected chi connectivity index (χ1v) is 5.68. The molecule has 2 fully saturated rings. The molecule has 2 aliphatic heterocycles. The van der Waals surface area contributed by atoms with Gasteiger partial charge in [0.2, 0.25) is 5.91 Å². The van der Waals surface area contributed by atoms with E-state index in [1.165, 1.54) is 25.7 Å². The third-order valence-electron chi connectivity index (χ3n) is 3.67. The number of likely N-dealkylation sites (tertiary alicyclic amines) is 1. The summed E-state index contributed by atoms with van der Waals surface area (Å²) in [6.45, 7) is 5.90. The number of hydrogen-bond donors (Lipinski definition) is 1.